The summed E-state index contributed by atoms with van der Waals surface area (Å²) in [6.07, 6.45) is 2.70. The van der Waals surface area contributed by atoms with E-state index in [1.165, 1.54) is 5.69 Å². The summed E-state index contributed by atoms with van der Waals surface area (Å²) in [6, 6.07) is 2.03. The average Bonchev–Trinajstić information content (AvgIpc) is 3.05. The van der Waals surface area contributed by atoms with Crippen molar-refractivity contribution in [2.24, 2.45) is 14.1 Å². The van der Waals surface area contributed by atoms with Crippen LogP contribution in [-0.2, 0) is 27.1 Å². The summed E-state index contributed by atoms with van der Waals surface area (Å²) >= 11 is 6.30. The fourth-order valence-electron chi connectivity index (χ4n) is 2.75. The lowest BCUT2D eigenvalue weighted by molar-refractivity contribution is 0.607. The SMILES string of the molecule is Cc1nn(C)c2c1nc(C(C)Cl)n2CCc1ccnn1C. The minimum absolute atomic E-state index is 0.136. The molecule has 3 rings (SSSR count). The van der Waals surface area contributed by atoms with Gasteiger partial charge in [0.1, 0.15) is 11.3 Å². The Morgan fingerprint density at radius 3 is 2.67 bits per heavy atom. The molecule has 0 aliphatic rings. The summed E-state index contributed by atoms with van der Waals surface area (Å²) in [5, 5.41) is 8.52. The fraction of sp³-hybridized carbons (Fsp3) is 0.500. The molecule has 21 heavy (non-hydrogen) atoms. The first-order chi connectivity index (χ1) is 9.99. The van der Waals surface area contributed by atoms with Crippen molar-refractivity contribution >= 4 is 22.8 Å². The molecule has 6 nitrogen and oxygen atoms in total. The van der Waals surface area contributed by atoms with Crippen LogP contribution in [-0.4, -0.2) is 29.1 Å². The van der Waals surface area contributed by atoms with Crippen molar-refractivity contribution in [2.75, 3.05) is 0 Å². The van der Waals surface area contributed by atoms with Crippen LogP contribution in [0.15, 0.2) is 12.3 Å². The number of alkyl halides is 1. The van der Waals surface area contributed by atoms with E-state index in [0.29, 0.717) is 0 Å². The number of aromatic nitrogens is 6. The summed E-state index contributed by atoms with van der Waals surface area (Å²) in [5.41, 5.74) is 4.08. The average molecular weight is 307 g/mol. The highest BCUT2D eigenvalue weighted by atomic mass is 35.5. The van der Waals surface area contributed by atoms with E-state index >= 15 is 0 Å². The topological polar surface area (TPSA) is 53.5 Å². The van der Waals surface area contributed by atoms with Gasteiger partial charge in [-0.2, -0.15) is 10.2 Å². The van der Waals surface area contributed by atoms with Crippen LogP contribution >= 0.6 is 11.6 Å². The molecule has 112 valence electrons. The number of rotatable bonds is 4. The number of imidazole rings is 1. The van der Waals surface area contributed by atoms with E-state index in [-0.39, 0.29) is 5.38 Å². The van der Waals surface area contributed by atoms with Gasteiger partial charge in [0, 0.05) is 39.0 Å². The molecule has 0 saturated carbocycles. The zero-order valence-electron chi connectivity index (χ0n) is 12.7. The van der Waals surface area contributed by atoms with E-state index in [9.17, 15) is 0 Å². The molecule has 1 atom stereocenters. The van der Waals surface area contributed by atoms with Crippen LogP contribution in [0.4, 0.5) is 0 Å². The summed E-state index contributed by atoms with van der Waals surface area (Å²) in [6.45, 7) is 4.73. The number of hydrogen-bond acceptors (Lipinski definition) is 3. The fourth-order valence-corrected chi connectivity index (χ4v) is 2.92. The lowest BCUT2D eigenvalue weighted by Crippen LogP contribution is -2.11. The van der Waals surface area contributed by atoms with Crippen molar-refractivity contribution in [3.63, 3.8) is 0 Å². The van der Waals surface area contributed by atoms with Gasteiger partial charge in [-0.05, 0) is 19.9 Å². The lowest BCUT2D eigenvalue weighted by atomic mass is 10.3. The van der Waals surface area contributed by atoms with Gasteiger partial charge >= 0.3 is 0 Å². The molecular weight excluding hydrogens is 288 g/mol. The molecule has 0 fully saturated rings. The van der Waals surface area contributed by atoms with Gasteiger partial charge in [-0.1, -0.05) is 0 Å². The van der Waals surface area contributed by atoms with Crippen LogP contribution in [0.1, 0.15) is 29.5 Å². The van der Waals surface area contributed by atoms with Crippen molar-refractivity contribution in [3.05, 3.63) is 29.5 Å². The van der Waals surface area contributed by atoms with Gasteiger partial charge in [0.15, 0.2) is 5.65 Å². The van der Waals surface area contributed by atoms with E-state index < -0.39 is 0 Å². The maximum atomic E-state index is 6.30. The van der Waals surface area contributed by atoms with Crippen LogP contribution in [0.2, 0.25) is 0 Å². The van der Waals surface area contributed by atoms with Crippen molar-refractivity contribution < 1.29 is 0 Å². The molecule has 0 saturated heterocycles. The van der Waals surface area contributed by atoms with Gasteiger partial charge in [-0.15, -0.1) is 11.6 Å². The van der Waals surface area contributed by atoms with Gasteiger partial charge in [0.2, 0.25) is 0 Å². The van der Waals surface area contributed by atoms with E-state index in [1.807, 2.05) is 49.6 Å². The number of hydrogen-bond donors (Lipinski definition) is 0. The van der Waals surface area contributed by atoms with Crippen LogP contribution < -0.4 is 0 Å². The van der Waals surface area contributed by atoms with Crippen molar-refractivity contribution in [1.82, 2.24) is 29.1 Å². The van der Waals surface area contributed by atoms with Crippen molar-refractivity contribution in [3.8, 4) is 0 Å². The molecule has 7 heteroatoms. The van der Waals surface area contributed by atoms with Crippen LogP contribution in [0.25, 0.3) is 11.2 Å². The Morgan fingerprint density at radius 2 is 2.05 bits per heavy atom. The summed E-state index contributed by atoms with van der Waals surface area (Å²) < 4.78 is 5.94. The molecule has 0 amide bonds. The third kappa shape index (κ3) is 2.33. The summed E-state index contributed by atoms with van der Waals surface area (Å²) in [4.78, 5) is 4.68. The second-order valence-corrected chi connectivity index (χ2v) is 5.97. The maximum absolute atomic E-state index is 6.30. The predicted molar refractivity (Wildman–Crippen MR) is 82.4 cm³/mol. The Labute approximate surface area is 128 Å². The quantitative estimate of drug-likeness (QED) is 0.695. The van der Waals surface area contributed by atoms with E-state index in [4.69, 9.17) is 11.6 Å². The molecule has 3 aromatic rings. The van der Waals surface area contributed by atoms with Gasteiger partial charge in [-0.25, -0.2) is 4.98 Å². The molecule has 0 bridgehead atoms. The Balaban J connectivity index is 2.03. The highest BCUT2D eigenvalue weighted by Crippen LogP contribution is 2.26. The van der Waals surface area contributed by atoms with Gasteiger partial charge in [-0.3, -0.25) is 9.36 Å². The Morgan fingerprint density at radius 1 is 1.29 bits per heavy atom. The zero-order valence-corrected chi connectivity index (χ0v) is 13.5. The first-order valence-corrected chi connectivity index (χ1v) is 7.43. The molecule has 1 unspecified atom stereocenters. The molecule has 0 aliphatic carbocycles. The molecule has 3 heterocycles. The number of aryl methyl sites for hydroxylation is 5. The predicted octanol–water partition coefficient (Wildman–Crippen LogP) is 2.35. The Kier molecular flexibility index (Phi) is 3.49. The number of halogens is 1. The highest BCUT2D eigenvalue weighted by molar-refractivity contribution is 6.20. The molecule has 3 aromatic heterocycles. The van der Waals surface area contributed by atoms with Gasteiger partial charge in [0.25, 0.3) is 0 Å². The van der Waals surface area contributed by atoms with E-state index in [1.54, 1.807) is 0 Å². The minimum Gasteiger partial charge on any atom is -0.311 e. The van der Waals surface area contributed by atoms with E-state index in [2.05, 4.69) is 19.7 Å². The second-order valence-electron chi connectivity index (χ2n) is 5.32. The zero-order chi connectivity index (χ0) is 15.1. The van der Waals surface area contributed by atoms with Crippen LogP contribution in [0.3, 0.4) is 0 Å². The normalized spacial score (nSPS) is 13.2. The third-order valence-corrected chi connectivity index (χ3v) is 3.98. The molecular formula is C14H19ClN6. The number of nitrogens with zero attached hydrogens (tertiary/aromatic N) is 6. The van der Waals surface area contributed by atoms with Crippen LogP contribution in [0, 0.1) is 6.92 Å². The molecule has 0 spiro atoms. The van der Waals surface area contributed by atoms with Crippen molar-refractivity contribution in [2.45, 2.75) is 32.2 Å². The third-order valence-electron chi connectivity index (χ3n) is 3.79. The first-order valence-electron chi connectivity index (χ1n) is 6.99. The smallest absolute Gasteiger partial charge is 0.158 e. The van der Waals surface area contributed by atoms with Crippen LogP contribution in [0.5, 0.6) is 0 Å². The van der Waals surface area contributed by atoms with E-state index in [0.717, 1.165) is 35.6 Å². The van der Waals surface area contributed by atoms with Gasteiger partial charge < -0.3 is 4.57 Å². The standard InChI is InChI=1S/C14H19ClN6/c1-9(15)13-17-12-10(2)18-20(4)14(12)21(13)8-6-11-5-7-16-19(11)3/h5,7,9H,6,8H2,1-4H3. The lowest BCUT2D eigenvalue weighted by Gasteiger charge is -2.11. The molecule has 0 aliphatic heterocycles. The van der Waals surface area contributed by atoms with Crippen molar-refractivity contribution in [1.29, 1.82) is 0 Å². The first kappa shape index (κ1) is 14.1. The molecule has 0 N–H and O–H groups in total. The second kappa shape index (κ2) is 5.18. The Hall–Kier alpha value is -1.82. The molecule has 0 aromatic carbocycles. The Bertz CT molecular complexity index is 779. The monoisotopic (exact) mass is 306 g/mol. The van der Waals surface area contributed by atoms with Gasteiger partial charge in [0.05, 0.1) is 11.1 Å². The number of fused-ring (bicyclic) bond motifs is 1. The molecule has 0 radical (unpaired) electrons. The maximum Gasteiger partial charge on any atom is 0.158 e. The highest BCUT2D eigenvalue weighted by Gasteiger charge is 2.20. The summed E-state index contributed by atoms with van der Waals surface area (Å²) in [7, 11) is 3.90. The summed E-state index contributed by atoms with van der Waals surface area (Å²) in [5.74, 6) is 0.893. The minimum atomic E-state index is -0.136. The largest absolute Gasteiger partial charge is 0.311 e.